The van der Waals surface area contributed by atoms with Crippen LogP contribution in [0.5, 0.6) is 0 Å². The van der Waals surface area contributed by atoms with Gasteiger partial charge in [-0.15, -0.1) is 0 Å². The van der Waals surface area contributed by atoms with Crippen molar-refractivity contribution in [3.63, 3.8) is 0 Å². The second kappa shape index (κ2) is 8.76. The highest BCUT2D eigenvalue weighted by Gasteiger charge is 2.10. The van der Waals surface area contributed by atoms with Crippen molar-refractivity contribution in [2.24, 2.45) is 4.99 Å². The minimum atomic E-state index is -0.223. The third-order valence-corrected chi connectivity index (χ3v) is 6.02. The number of fused-ring (bicyclic) bond motifs is 1. The number of nitrogens with zero attached hydrogens (tertiary/aromatic N) is 2. The molecule has 0 saturated heterocycles. The summed E-state index contributed by atoms with van der Waals surface area (Å²) in [4.78, 5) is 17.9. The molecule has 0 aliphatic rings. The van der Waals surface area contributed by atoms with Crippen molar-refractivity contribution in [1.82, 2.24) is 4.57 Å². The maximum absolute atomic E-state index is 12.8. The summed E-state index contributed by atoms with van der Waals surface area (Å²) in [5, 5.41) is 0.689. The molecule has 3 aromatic carbocycles. The lowest BCUT2D eigenvalue weighted by molar-refractivity contribution is 0.0998. The van der Waals surface area contributed by atoms with E-state index in [0.29, 0.717) is 15.4 Å². The molecule has 0 unspecified atom stereocenters. The van der Waals surface area contributed by atoms with Crippen LogP contribution in [0.25, 0.3) is 10.2 Å². The van der Waals surface area contributed by atoms with Crippen LogP contribution in [-0.2, 0) is 13.0 Å². The van der Waals surface area contributed by atoms with Crippen molar-refractivity contribution >= 4 is 39.1 Å². The van der Waals surface area contributed by atoms with Gasteiger partial charge >= 0.3 is 0 Å². The molecule has 0 spiro atoms. The fourth-order valence-corrected chi connectivity index (χ4v) is 4.65. The first kappa shape index (κ1) is 19.6. The van der Waals surface area contributed by atoms with Crippen LogP contribution in [0, 0.1) is 0 Å². The summed E-state index contributed by atoms with van der Waals surface area (Å²) in [5.41, 5.74) is 4.08. The van der Waals surface area contributed by atoms with E-state index < -0.39 is 0 Å². The lowest BCUT2D eigenvalue weighted by atomic mass is 10.0. The van der Waals surface area contributed by atoms with Crippen molar-refractivity contribution in [1.29, 1.82) is 0 Å². The highest BCUT2D eigenvalue weighted by atomic mass is 35.5. The molecule has 4 rings (SSSR count). The third kappa shape index (κ3) is 4.50. The molecule has 0 atom stereocenters. The highest BCUT2D eigenvalue weighted by molar-refractivity contribution is 7.16. The quantitative estimate of drug-likeness (QED) is 0.384. The maximum Gasteiger partial charge on any atom is 0.279 e. The van der Waals surface area contributed by atoms with Crippen molar-refractivity contribution in [3.05, 3.63) is 99.3 Å². The zero-order chi connectivity index (χ0) is 20.2. The Kier molecular flexibility index (Phi) is 5.93. The first-order valence-corrected chi connectivity index (χ1v) is 10.8. The smallest absolute Gasteiger partial charge is 0.279 e. The molecule has 0 bridgehead atoms. The maximum atomic E-state index is 12.8. The number of hydrogen-bond acceptors (Lipinski definition) is 2. The van der Waals surface area contributed by atoms with Gasteiger partial charge in [-0.2, -0.15) is 4.99 Å². The third-order valence-electron chi connectivity index (χ3n) is 4.74. The van der Waals surface area contributed by atoms with Gasteiger partial charge < -0.3 is 4.57 Å². The monoisotopic (exact) mass is 420 g/mol. The summed E-state index contributed by atoms with van der Waals surface area (Å²) in [6.07, 6.45) is 1.81. The lowest BCUT2D eigenvalue weighted by Gasteiger charge is -2.04. The Bertz CT molecular complexity index is 1210. The van der Waals surface area contributed by atoms with Crippen molar-refractivity contribution in [3.8, 4) is 0 Å². The Hall–Kier alpha value is -2.69. The highest BCUT2D eigenvalue weighted by Crippen LogP contribution is 2.22. The summed E-state index contributed by atoms with van der Waals surface area (Å²) in [7, 11) is 0. The van der Waals surface area contributed by atoms with Crippen molar-refractivity contribution in [2.45, 2.75) is 26.3 Å². The summed E-state index contributed by atoms with van der Waals surface area (Å²) in [6, 6.07) is 23.8. The summed E-state index contributed by atoms with van der Waals surface area (Å²) in [6.45, 7) is 2.92. The number of amides is 1. The van der Waals surface area contributed by atoms with E-state index in [0.717, 1.165) is 29.6 Å². The zero-order valence-corrected chi connectivity index (χ0v) is 17.7. The average Bonchev–Trinajstić information content (AvgIpc) is 3.05. The predicted octanol–water partition coefficient (Wildman–Crippen LogP) is 6.10. The van der Waals surface area contributed by atoms with Gasteiger partial charge in [0.25, 0.3) is 5.91 Å². The molecule has 5 heteroatoms. The van der Waals surface area contributed by atoms with E-state index in [9.17, 15) is 4.79 Å². The summed E-state index contributed by atoms with van der Waals surface area (Å²) in [5.74, 6) is -0.223. The van der Waals surface area contributed by atoms with Crippen LogP contribution in [-0.4, -0.2) is 10.5 Å². The Labute approximate surface area is 178 Å². The molecule has 1 amide bonds. The van der Waals surface area contributed by atoms with Crippen LogP contribution in [0.1, 0.15) is 34.8 Å². The van der Waals surface area contributed by atoms with Crippen LogP contribution in [0.3, 0.4) is 0 Å². The van der Waals surface area contributed by atoms with Crippen LogP contribution in [0.15, 0.2) is 77.8 Å². The first-order valence-electron chi connectivity index (χ1n) is 9.65. The minimum absolute atomic E-state index is 0.223. The van der Waals surface area contributed by atoms with Gasteiger partial charge in [-0.1, -0.05) is 72.3 Å². The number of thiazole rings is 1. The van der Waals surface area contributed by atoms with Gasteiger partial charge in [0.2, 0.25) is 0 Å². The topological polar surface area (TPSA) is 34.4 Å². The molecule has 1 heterocycles. The van der Waals surface area contributed by atoms with E-state index in [1.165, 1.54) is 22.5 Å². The molecule has 0 saturated carbocycles. The van der Waals surface area contributed by atoms with E-state index in [-0.39, 0.29) is 5.91 Å². The van der Waals surface area contributed by atoms with Crippen molar-refractivity contribution in [2.75, 3.05) is 0 Å². The van der Waals surface area contributed by atoms with Crippen LogP contribution < -0.4 is 4.80 Å². The number of carbonyl (C=O) groups is 1. The SMILES string of the molecule is CCCn1c(=NC(=O)c2ccc(Cc3ccccc3)cc2)sc2cc(Cl)ccc21. The van der Waals surface area contributed by atoms with Gasteiger partial charge in [-0.25, -0.2) is 0 Å². The Balaban J connectivity index is 1.63. The Morgan fingerprint density at radius 1 is 1.00 bits per heavy atom. The number of aryl methyl sites for hydroxylation is 1. The molecule has 0 fully saturated rings. The molecule has 1 aromatic heterocycles. The van der Waals surface area contributed by atoms with Gasteiger partial charge in [-0.05, 0) is 54.3 Å². The molecular formula is C24H21ClN2OS. The fourth-order valence-electron chi connectivity index (χ4n) is 3.32. The van der Waals surface area contributed by atoms with Gasteiger partial charge in [0, 0.05) is 17.1 Å². The molecule has 146 valence electrons. The van der Waals surface area contributed by atoms with Crippen LogP contribution in [0.4, 0.5) is 0 Å². The molecule has 0 aliphatic heterocycles. The number of halogens is 1. The van der Waals surface area contributed by atoms with Gasteiger partial charge in [0.1, 0.15) is 0 Å². The minimum Gasteiger partial charge on any atom is -0.316 e. The number of carbonyl (C=O) groups excluding carboxylic acids is 1. The lowest BCUT2D eigenvalue weighted by Crippen LogP contribution is -2.16. The van der Waals surface area contributed by atoms with Gasteiger partial charge in [-0.3, -0.25) is 4.79 Å². The van der Waals surface area contributed by atoms with E-state index in [1.807, 2.05) is 60.7 Å². The van der Waals surface area contributed by atoms with Crippen molar-refractivity contribution < 1.29 is 4.79 Å². The second-order valence-electron chi connectivity index (χ2n) is 6.92. The Morgan fingerprint density at radius 3 is 2.45 bits per heavy atom. The molecule has 29 heavy (non-hydrogen) atoms. The predicted molar refractivity (Wildman–Crippen MR) is 121 cm³/mol. The average molecular weight is 421 g/mol. The number of hydrogen-bond donors (Lipinski definition) is 0. The molecule has 0 N–H and O–H groups in total. The van der Waals surface area contributed by atoms with Crippen LogP contribution >= 0.6 is 22.9 Å². The fraction of sp³-hybridized carbons (Fsp3) is 0.167. The largest absolute Gasteiger partial charge is 0.316 e. The normalized spacial score (nSPS) is 11.9. The van der Waals surface area contributed by atoms with Gasteiger partial charge in [0.05, 0.1) is 10.2 Å². The molecule has 3 nitrogen and oxygen atoms in total. The zero-order valence-electron chi connectivity index (χ0n) is 16.1. The van der Waals surface area contributed by atoms with Crippen LogP contribution in [0.2, 0.25) is 5.02 Å². The number of benzene rings is 3. The summed E-state index contributed by atoms with van der Waals surface area (Å²) >= 11 is 7.63. The summed E-state index contributed by atoms with van der Waals surface area (Å²) < 4.78 is 3.13. The number of aromatic nitrogens is 1. The molecular weight excluding hydrogens is 400 g/mol. The van der Waals surface area contributed by atoms with E-state index in [4.69, 9.17) is 11.6 Å². The second-order valence-corrected chi connectivity index (χ2v) is 8.37. The standard InChI is InChI=1S/C24H21ClN2OS/c1-2-14-27-21-13-12-20(25)16-22(21)29-24(27)26-23(28)19-10-8-18(9-11-19)15-17-6-4-3-5-7-17/h3-13,16H,2,14-15H2,1H3. The first-order chi connectivity index (χ1) is 14.1. The van der Waals surface area contributed by atoms with Gasteiger partial charge in [0.15, 0.2) is 4.80 Å². The number of rotatable bonds is 5. The van der Waals surface area contributed by atoms with E-state index in [2.05, 4.69) is 28.6 Å². The van der Waals surface area contributed by atoms with E-state index >= 15 is 0 Å². The molecule has 0 aliphatic carbocycles. The molecule has 0 radical (unpaired) electrons. The van der Waals surface area contributed by atoms with E-state index in [1.54, 1.807) is 0 Å². The Morgan fingerprint density at radius 2 is 1.72 bits per heavy atom. The molecule has 4 aromatic rings.